The smallest absolute Gasteiger partial charge is 0.545 e. The third-order valence-electron chi connectivity index (χ3n) is 2.62. The van der Waals surface area contributed by atoms with Crippen molar-refractivity contribution in [1.82, 2.24) is 0 Å². The number of rotatable bonds is 4. The minimum atomic E-state index is -4.08. The summed E-state index contributed by atoms with van der Waals surface area (Å²) in [5, 5.41) is 10.9. The molecule has 0 spiro atoms. The Morgan fingerprint density at radius 2 is 1.62 bits per heavy atom. The number of aromatic carboxylic acids is 1. The molecule has 0 saturated heterocycles. The van der Waals surface area contributed by atoms with Crippen molar-refractivity contribution >= 4 is 16.1 Å². The normalized spacial score (nSPS) is 10.5. The molecule has 0 fully saturated rings. The second kappa shape index (κ2) is 7.09. The van der Waals surface area contributed by atoms with E-state index in [9.17, 15) is 18.3 Å². The summed E-state index contributed by atoms with van der Waals surface area (Å²) < 4.78 is 29.0. The first-order chi connectivity index (χ1) is 9.40. The van der Waals surface area contributed by atoms with Crippen LogP contribution in [-0.2, 0) is 10.1 Å². The molecule has 2 aromatic carbocycles. The Hall–Kier alpha value is -1.34. The van der Waals surface area contributed by atoms with Gasteiger partial charge in [-0.3, -0.25) is 0 Å². The van der Waals surface area contributed by atoms with Crippen LogP contribution in [0.5, 0.6) is 5.75 Å². The van der Waals surface area contributed by atoms with Crippen molar-refractivity contribution in [3.8, 4) is 5.75 Å². The van der Waals surface area contributed by atoms with Gasteiger partial charge in [0.25, 0.3) is 0 Å². The number of benzene rings is 2. The predicted octanol–water partition coefficient (Wildman–Crippen LogP) is -1.87. The van der Waals surface area contributed by atoms with Crippen molar-refractivity contribution in [2.75, 3.05) is 0 Å². The summed E-state index contributed by atoms with van der Waals surface area (Å²) in [5.74, 6) is -1.77. The van der Waals surface area contributed by atoms with Crippen molar-refractivity contribution in [2.24, 2.45) is 0 Å². The minimum absolute atomic E-state index is 0. The van der Waals surface area contributed by atoms with Crippen molar-refractivity contribution in [2.45, 2.75) is 11.8 Å². The zero-order valence-electron chi connectivity index (χ0n) is 11.6. The molecule has 0 N–H and O–H groups in total. The van der Waals surface area contributed by atoms with Gasteiger partial charge in [0.05, 0.1) is 5.97 Å². The second-order valence-corrected chi connectivity index (χ2v) is 5.68. The van der Waals surface area contributed by atoms with Crippen LogP contribution >= 0.6 is 0 Å². The van der Waals surface area contributed by atoms with Crippen LogP contribution in [0.15, 0.2) is 53.4 Å². The van der Waals surface area contributed by atoms with Gasteiger partial charge in [0, 0.05) is 5.56 Å². The van der Waals surface area contributed by atoms with E-state index in [0.29, 0.717) is 0 Å². The van der Waals surface area contributed by atoms with E-state index in [-0.39, 0.29) is 45.8 Å². The van der Waals surface area contributed by atoms with Crippen molar-refractivity contribution in [3.05, 3.63) is 59.7 Å². The molecule has 0 atom stereocenters. The van der Waals surface area contributed by atoms with Crippen LogP contribution in [0.25, 0.3) is 0 Å². The molecular weight excluding hydrogens is 303 g/mol. The fraction of sp³-hybridized carbons (Fsp3) is 0.0714. The number of para-hydroxylation sites is 1. The first-order valence-electron chi connectivity index (χ1n) is 5.72. The quantitative estimate of drug-likeness (QED) is 0.488. The van der Waals surface area contributed by atoms with Gasteiger partial charge in [-0.25, -0.2) is 0 Å². The molecule has 5 nitrogen and oxygen atoms in total. The summed E-state index contributed by atoms with van der Waals surface area (Å²) in [5.41, 5.74) is 0.585. The maximum atomic E-state index is 12.1. The summed E-state index contributed by atoms with van der Waals surface area (Å²) in [6.07, 6.45) is 0. The third kappa shape index (κ3) is 4.31. The monoisotopic (exact) mass is 314 g/mol. The molecule has 7 heteroatoms. The van der Waals surface area contributed by atoms with Gasteiger partial charge in [-0.05, 0) is 31.2 Å². The molecule has 0 aliphatic carbocycles. The van der Waals surface area contributed by atoms with E-state index in [0.717, 1.165) is 5.56 Å². The molecule has 0 unspecified atom stereocenters. The first-order valence-corrected chi connectivity index (χ1v) is 7.12. The van der Waals surface area contributed by atoms with E-state index in [1.165, 1.54) is 36.4 Å². The van der Waals surface area contributed by atoms with E-state index in [2.05, 4.69) is 0 Å². The van der Waals surface area contributed by atoms with Crippen LogP contribution in [-0.4, -0.2) is 14.4 Å². The number of carboxylic acid groups (broad SMARTS) is 1. The molecule has 0 radical (unpaired) electrons. The number of aryl methyl sites for hydroxylation is 1. The van der Waals surface area contributed by atoms with Gasteiger partial charge in [-0.2, -0.15) is 8.42 Å². The molecule has 0 aromatic heterocycles. The summed E-state index contributed by atoms with van der Waals surface area (Å²) in [6.45, 7) is 1.82. The van der Waals surface area contributed by atoms with Gasteiger partial charge < -0.3 is 14.1 Å². The Bertz CT molecular complexity index is 738. The zero-order valence-corrected chi connectivity index (χ0v) is 14.4. The van der Waals surface area contributed by atoms with Crippen LogP contribution < -0.4 is 38.8 Å². The van der Waals surface area contributed by atoms with E-state index in [1.807, 2.05) is 6.92 Å². The average molecular weight is 314 g/mol. The molecule has 0 aliphatic rings. The van der Waals surface area contributed by atoms with Crippen LogP contribution in [0, 0.1) is 6.92 Å². The largest absolute Gasteiger partial charge is 1.00 e. The maximum Gasteiger partial charge on any atom is 1.00 e. The molecular formula is C14H11NaO5S. The van der Waals surface area contributed by atoms with Gasteiger partial charge >= 0.3 is 39.7 Å². The van der Waals surface area contributed by atoms with Crippen LogP contribution in [0.3, 0.4) is 0 Å². The topological polar surface area (TPSA) is 83.5 Å². The molecule has 104 valence electrons. The third-order valence-corrected chi connectivity index (χ3v) is 3.86. The number of carbonyl (C=O) groups is 1. The molecule has 0 heterocycles. The molecule has 0 amide bonds. The fourth-order valence-electron chi connectivity index (χ4n) is 1.58. The summed E-state index contributed by atoms with van der Waals surface area (Å²) >= 11 is 0. The Balaban J connectivity index is 0.00000220. The standard InChI is InChI=1S/C14H12O5S.Na/c1-10-6-8-11(9-7-10)20(17,18)19-13-5-3-2-4-12(13)14(15)16;/h2-9H,1H3,(H,15,16);/q;+1/p-1. The van der Waals surface area contributed by atoms with Gasteiger partial charge in [0.2, 0.25) is 0 Å². The second-order valence-electron chi connectivity index (χ2n) is 4.13. The van der Waals surface area contributed by atoms with E-state index in [1.54, 1.807) is 12.1 Å². The summed E-state index contributed by atoms with van der Waals surface area (Å²) in [7, 11) is -4.08. The van der Waals surface area contributed by atoms with E-state index < -0.39 is 16.1 Å². The Kier molecular flexibility index (Phi) is 5.98. The number of hydrogen-bond donors (Lipinski definition) is 0. The van der Waals surface area contributed by atoms with Crippen LogP contribution in [0.4, 0.5) is 0 Å². The molecule has 21 heavy (non-hydrogen) atoms. The van der Waals surface area contributed by atoms with Crippen molar-refractivity contribution in [3.63, 3.8) is 0 Å². The van der Waals surface area contributed by atoms with E-state index >= 15 is 0 Å². The molecule has 0 aliphatic heterocycles. The maximum absolute atomic E-state index is 12.1. The Morgan fingerprint density at radius 3 is 2.19 bits per heavy atom. The summed E-state index contributed by atoms with van der Waals surface area (Å²) in [4.78, 5) is 10.9. The van der Waals surface area contributed by atoms with Gasteiger partial charge in [-0.1, -0.05) is 29.8 Å². The SMILES string of the molecule is Cc1ccc(S(=O)(=O)Oc2ccccc2C(=O)[O-])cc1.[Na+]. The predicted molar refractivity (Wildman–Crippen MR) is 69.8 cm³/mol. The Labute approximate surface area is 145 Å². The van der Waals surface area contributed by atoms with Crippen LogP contribution in [0.2, 0.25) is 0 Å². The number of hydrogen-bond acceptors (Lipinski definition) is 5. The van der Waals surface area contributed by atoms with E-state index in [4.69, 9.17) is 4.18 Å². The number of carboxylic acids is 1. The molecule has 0 bridgehead atoms. The molecule has 2 rings (SSSR count). The average Bonchev–Trinajstić information content (AvgIpc) is 2.39. The first kappa shape index (κ1) is 17.7. The fourth-order valence-corrected chi connectivity index (χ4v) is 2.53. The minimum Gasteiger partial charge on any atom is -0.545 e. The number of carbonyl (C=O) groups excluding carboxylic acids is 1. The molecule has 0 saturated carbocycles. The van der Waals surface area contributed by atoms with Crippen molar-refractivity contribution < 1.29 is 52.1 Å². The van der Waals surface area contributed by atoms with Gasteiger partial charge in [-0.15, -0.1) is 0 Å². The molecule has 2 aromatic rings. The zero-order chi connectivity index (χ0) is 14.8. The Morgan fingerprint density at radius 1 is 1.05 bits per heavy atom. The van der Waals surface area contributed by atoms with Gasteiger partial charge in [0.15, 0.2) is 5.75 Å². The van der Waals surface area contributed by atoms with Gasteiger partial charge in [0.1, 0.15) is 4.90 Å². The summed E-state index contributed by atoms with van der Waals surface area (Å²) in [6, 6.07) is 11.5. The van der Waals surface area contributed by atoms with Crippen molar-refractivity contribution in [1.29, 1.82) is 0 Å². The van der Waals surface area contributed by atoms with Crippen LogP contribution in [0.1, 0.15) is 15.9 Å².